The van der Waals surface area contributed by atoms with Crippen molar-refractivity contribution in [3.05, 3.63) is 90.1 Å². The number of rotatable bonds is 5. The van der Waals surface area contributed by atoms with Gasteiger partial charge in [-0.2, -0.15) is 0 Å². The summed E-state index contributed by atoms with van der Waals surface area (Å²) in [5.74, 6) is -0.0273. The SMILES string of the molecule is CCC(C(=O)N1CCC(NC(=O)c2cc3ccccc3c3cccnc23)CC1)c1ccccc1. The van der Waals surface area contributed by atoms with E-state index in [1.54, 1.807) is 6.20 Å². The highest BCUT2D eigenvalue weighted by Gasteiger charge is 2.29. The van der Waals surface area contributed by atoms with Gasteiger partial charge < -0.3 is 10.2 Å². The van der Waals surface area contributed by atoms with E-state index in [0.29, 0.717) is 18.7 Å². The molecule has 172 valence electrons. The van der Waals surface area contributed by atoms with E-state index < -0.39 is 0 Å². The van der Waals surface area contributed by atoms with Crippen LogP contribution in [0.1, 0.15) is 48.0 Å². The highest BCUT2D eigenvalue weighted by atomic mass is 16.2. The number of fused-ring (bicyclic) bond motifs is 3. The maximum Gasteiger partial charge on any atom is 0.253 e. The standard InChI is InChI=1S/C29H29N3O2/c1-2-23(20-9-4-3-5-10-20)29(34)32-17-14-22(15-18-32)31-28(33)26-19-21-11-6-7-12-24(21)25-13-8-16-30-27(25)26/h3-13,16,19,22-23H,2,14-15,17-18H2,1H3,(H,31,33). The first kappa shape index (κ1) is 22.1. The molecule has 1 saturated heterocycles. The molecule has 5 rings (SSSR count). The molecule has 2 heterocycles. The van der Waals surface area contributed by atoms with E-state index in [1.165, 1.54) is 0 Å². The second-order valence-corrected chi connectivity index (χ2v) is 8.99. The third-order valence-electron chi connectivity index (χ3n) is 6.91. The van der Waals surface area contributed by atoms with Crippen molar-refractivity contribution in [3.63, 3.8) is 0 Å². The molecule has 1 unspecified atom stereocenters. The molecule has 2 amide bonds. The van der Waals surface area contributed by atoms with E-state index in [2.05, 4.69) is 23.3 Å². The van der Waals surface area contributed by atoms with Crippen LogP contribution >= 0.6 is 0 Å². The van der Waals surface area contributed by atoms with Crippen LogP contribution in [0, 0.1) is 0 Å². The molecule has 0 aliphatic carbocycles. The highest BCUT2D eigenvalue weighted by Crippen LogP contribution is 2.28. The average Bonchev–Trinajstić information content (AvgIpc) is 2.89. The predicted octanol–water partition coefficient (Wildman–Crippen LogP) is 5.30. The van der Waals surface area contributed by atoms with Crippen LogP contribution in [-0.2, 0) is 4.79 Å². The normalized spacial score (nSPS) is 15.4. The van der Waals surface area contributed by atoms with Gasteiger partial charge in [-0.15, -0.1) is 0 Å². The van der Waals surface area contributed by atoms with Gasteiger partial charge in [0.25, 0.3) is 5.91 Å². The number of likely N-dealkylation sites (tertiary alicyclic amines) is 1. The first-order valence-electron chi connectivity index (χ1n) is 12.1. The molecule has 1 fully saturated rings. The molecule has 1 N–H and O–H groups in total. The van der Waals surface area contributed by atoms with Crippen molar-refractivity contribution < 1.29 is 9.59 Å². The Hall–Kier alpha value is -3.73. The Labute approximate surface area is 199 Å². The number of carbonyl (C=O) groups is 2. The quantitative estimate of drug-likeness (QED) is 0.419. The van der Waals surface area contributed by atoms with Crippen LogP contribution in [0.25, 0.3) is 21.7 Å². The first-order valence-corrected chi connectivity index (χ1v) is 12.1. The van der Waals surface area contributed by atoms with Gasteiger partial charge in [0.1, 0.15) is 0 Å². The molecule has 0 radical (unpaired) electrons. The van der Waals surface area contributed by atoms with E-state index in [1.807, 2.05) is 71.6 Å². The maximum absolute atomic E-state index is 13.3. The number of nitrogens with zero attached hydrogens (tertiary/aromatic N) is 2. The monoisotopic (exact) mass is 451 g/mol. The van der Waals surface area contributed by atoms with Crippen LogP contribution in [0.5, 0.6) is 0 Å². The van der Waals surface area contributed by atoms with E-state index >= 15 is 0 Å². The molecule has 5 heteroatoms. The van der Waals surface area contributed by atoms with E-state index in [9.17, 15) is 9.59 Å². The van der Waals surface area contributed by atoms with Gasteiger partial charge in [-0.1, -0.05) is 67.6 Å². The fourth-order valence-corrected chi connectivity index (χ4v) is 5.07. The van der Waals surface area contributed by atoms with Crippen LogP contribution < -0.4 is 5.32 Å². The topological polar surface area (TPSA) is 62.3 Å². The van der Waals surface area contributed by atoms with Crippen LogP contribution in [0.2, 0.25) is 0 Å². The number of hydrogen-bond acceptors (Lipinski definition) is 3. The lowest BCUT2D eigenvalue weighted by Crippen LogP contribution is -2.47. The Morgan fingerprint density at radius 1 is 0.971 bits per heavy atom. The minimum absolute atomic E-state index is 0.0404. The molecular formula is C29H29N3O2. The van der Waals surface area contributed by atoms with Gasteiger partial charge in [-0.3, -0.25) is 14.6 Å². The van der Waals surface area contributed by atoms with Crippen molar-refractivity contribution in [2.45, 2.75) is 38.1 Å². The summed E-state index contributed by atoms with van der Waals surface area (Å²) in [4.78, 5) is 33.0. The molecule has 0 bridgehead atoms. The molecule has 3 aromatic carbocycles. The lowest BCUT2D eigenvalue weighted by molar-refractivity contribution is -0.134. The summed E-state index contributed by atoms with van der Waals surface area (Å²) < 4.78 is 0. The molecule has 1 aliphatic heterocycles. The molecule has 0 saturated carbocycles. The minimum atomic E-state index is -0.109. The lowest BCUT2D eigenvalue weighted by atomic mass is 9.93. The Kier molecular flexibility index (Phi) is 6.26. The van der Waals surface area contributed by atoms with E-state index in [-0.39, 0.29) is 23.8 Å². The Morgan fingerprint density at radius 2 is 1.68 bits per heavy atom. The summed E-state index contributed by atoms with van der Waals surface area (Å²) in [6.45, 7) is 3.37. The van der Waals surface area contributed by atoms with Crippen LogP contribution in [0.4, 0.5) is 0 Å². The fourth-order valence-electron chi connectivity index (χ4n) is 5.07. The number of benzene rings is 3. The molecule has 1 atom stereocenters. The first-order chi connectivity index (χ1) is 16.7. The average molecular weight is 452 g/mol. The third-order valence-corrected chi connectivity index (χ3v) is 6.91. The zero-order chi connectivity index (χ0) is 23.5. The number of amides is 2. The lowest BCUT2D eigenvalue weighted by Gasteiger charge is -2.34. The van der Waals surface area contributed by atoms with Crippen molar-refractivity contribution in [2.75, 3.05) is 13.1 Å². The summed E-state index contributed by atoms with van der Waals surface area (Å²) >= 11 is 0. The van der Waals surface area contributed by atoms with Gasteiger partial charge in [-0.05, 0) is 47.7 Å². The molecular weight excluding hydrogens is 422 g/mol. The number of hydrogen-bond donors (Lipinski definition) is 1. The predicted molar refractivity (Wildman–Crippen MR) is 136 cm³/mol. The van der Waals surface area contributed by atoms with Crippen molar-refractivity contribution in [3.8, 4) is 0 Å². The van der Waals surface area contributed by atoms with Crippen molar-refractivity contribution in [2.24, 2.45) is 0 Å². The molecule has 34 heavy (non-hydrogen) atoms. The Morgan fingerprint density at radius 3 is 2.44 bits per heavy atom. The second-order valence-electron chi connectivity index (χ2n) is 8.99. The van der Waals surface area contributed by atoms with Gasteiger partial charge in [0.2, 0.25) is 5.91 Å². The zero-order valence-electron chi connectivity index (χ0n) is 19.4. The van der Waals surface area contributed by atoms with Gasteiger partial charge in [0.05, 0.1) is 17.0 Å². The molecule has 4 aromatic rings. The number of carbonyl (C=O) groups excluding carboxylic acids is 2. The summed E-state index contributed by atoms with van der Waals surface area (Å²) in [5.41, 5.74) is 2.39. The number of aromatic nitrogens is 1. The fraction of sp³-hybridized carbons (Fsp3) is 0.276. The summed E-state index contributed by atoms with van der Waals surface area (Å²) in [6.07, 6.45) is 4.01. The molecule has 5 nitrogen and oxygen atoms in total. The highest BCUT2D eigenvalue weighted by molar-refractivity contribution is 6.15. The van der Waals surface area contributed by atoms with Crippen LogP contribution in [0.3, 0.4) is 0 Å². The summed E-state index contributed by atoms with van der Waals surface area (Å²) in [7, 11) is 0. The largest absolute Gasteiger partial charge is 0.349 e. The summed E-state index contributed by atoms with van der Waals surface area (Å²) in [5, 5.41) is 6.32. The van der Waals surface area contributed by atoms with Gasteiger partial charge in [0.15, 0.2) is 0 Å². The third kappa shape index (κ3) is 4.26. The second kappa shape index (κ2) is 9.64. The smallest absolute Gasteiger partial charge is 0.253 e. The van der Waals surface area contributed by atoms with Crippen LogP contribution in [0.15, 0.2) is 79.0 Å². The van der Waals surface area contributed by atoms with E-state index in [4.69, 9.17) is 0 Å². The molecule has 1 aliphatic rings. The number of pyridine rings is 1. The van der Waals surface area contributed by atoms with Crippen LogP contribution in [-0.4, -0.2) is 40.8 Å². The van der Waals surface area contributed by atoms with Gasteiger partial charge in [-0.25, -0.2) is 0 Å². The molecule has 0 spiro atoms. The van der Waals surface area contributed by atoms with Crippen molar-refractivity contribution in [1.29, 1.82) is 0 Å². The number of nitrogens with one attached hydrogen (secondary N) is 1. The summed E-state index contributed by atoms with van der Waals surface area (Å²) in [6, 6.07) is 24.0. The number of piperidine rings is 1. The zero-order valence-corrected chi connectivity index (χ0v) is 19.4. The van der Waals surface area contributed by atoms with Gasteiger partial charge in [0, 0.05) is 30.7 Å². The van der Waals surface area contributed by atoms with Crippen molar-refractivity contribution >= 4 is 33.5 Å². The molecule has 1 aromatic heterocycles. The Bertz CT molecular complexity index is 1330. The maximum atomic E-state index is 13.3. The Balaban J connectivity index is 1.28. The van der Waals surface area contributed by atoms with E-state index in [0.717, 1.165) is 46.5 Å². The van der Waals surface area contributed by atoms with Gasteiger partial charge >= 0.3 is 0 Å². The van der Waals surface area contributed by atoms with Crippen molar-refractivity contribution in [1.82, 2.24) is 15.2 Å². The minimum Gasteiger partial charge on any atom is -0.349 e.